The minimum atomic E-state index is -0.687. The van der Waals surface area contributed by atoms with Gasteiger partial charge in [-0.15, -0.1) is 0 Å². The topological polar surface area (TPSA) is 100 Å². The summed E-state index contributed by atoms with van der Waals surface area (Å²) in [5.74, 6) is 0.245. The molecule has 2 aromatic heterocycles. The van der Waals surface area contributed by atoms with Gasteiger partial charge < -0.3 is 19.9 Å². The number of para-hydroxylation sites is 1. The fourth-order valence-corrected chi connectivity index (χ4v) is 4.63. The zero-order valence-corrected chi connectivity index (χ0v) is 20.7. The lowest BCUT2D eigenvalue weighted by Crippen LogP contribution is -2.32. The van der Waals surface area contributed by atoms with Crippen molar-refractivity contribution in [3.8, 4) is 11.5 Å². The van der Waals surface area contributed by atoms with Crippen LogP contribution in [0.4, 0.5) is 10.2 Å². The number of nitrogens with one attached hydrogen (secondary N) is 2. The van der Waals surface area contributed by atoms with Gasteiger partial charge in [-0.3, -0.25) is 9.59 Å². The van der Waals surface area contributed by atoms with Gasteiger partial charge in [0.25, 0.3) is 0 Å². The maximum Gasteiger partial charge on any atom is 0.232 e. The molecule has 1 atom stereocenters. The Labute approximate surface area is 214 Å². The Morgan fingerprint density at radius 2 is 1.97 bits per heavy atom. The van der Waals surface area contributed by atoms with E-state index in [4.69, 9.17) is 4.74 Å². The standard InChI is InChI=1S/C25H21FIN5O3/c26-20-10-17(35-16-4-2-1-3-5-16)6-7-18(20)23(34)19-12-28-24-22(19)25(30-14-29-24)31-15-8-9-32(13-15)21(33)11-27/h1-7,10,12,14-15H,8-9,11,13H2,(H2,28,29,30,31). The quantitative estimate of drug-likeness (QED) is 0.187. The van der Waals surface area contributed by atoms with E-state index in [-0.39, 0.29) is 23.1 Å². The third-order valence-corrected chi connectivity index (χ3v) is 6.53. The van der Waals surface area contributed by atoms with Gasteiger partial charge in [0.05, 0.1) is 20.9 Å². The number of carbonyl (C=O) groups is 2. The van der Waals surface area contributed by atoms with Crippen molar-refractivity contribution < 1.29 is 18.7 Å². The molecule has 1 saturated heterocycles. The summed E-state index contributed by atoms with van der Waals surface area (Å²) in [6, 6.07) is 13.2. The van der Waals surface area contributed by atoms with Gasteiger partial charge >= 0.3 is 0 Å². The Morgan fingerprint density at radius 1 is 1.14 bits per heavy atom. The number of alkyl halides is 1. The minimum Gasteiger partial charge on any atom is -0.457 e. The van der Waals surface area contributed by atoms with Crippen LogP contribution in [0.5, 0.6) is 11.5 Å². The number of hydrogen-bond acceptors (Lipinski definition) is 6. The number of fused-ring (bicyclic) bond motifs is 1. The highest BCUT2D eigenvalue weighted by molar-refractivity contribution is 14.1. The summed E-state index contributed by atoms with van der Waals surface area (Å²) in [5.41, 5.74) is 0.645. The number of benzene rings is 2. The molecule has 1 aliphatic rings. The molecule has 35 heavy (non-hydrogen) atoms. The summed E-state index contributed by atoms with van der Waals surface area (Å²) in [5, 5.41) is 3.83. The van der Waals surface area contributed by atoms with E-state index in [9.17, 15) is 14.0 Å². The number of nitrogens with zero attached hydrogens (tertiary/aromatic N) is 3. The van der Waals surface area contributed by atoms with Crippen LogP contribution in [-0.4, -0.2) is 55.1 Å². The Balaban J connectivity index is 1.40. The van der Waals surface area contributed by atoms with Crippen LogP contribution >= 0.6 is 22.6 Å². The first-order chi connectivity index (χ1) is 17.0. The molecule has 4 aromatic rings. The number of hydrogen-bond donors (Lipinski definition) is 2. The second-order valence-electron chi connectivity index (χ2n) is 8.14. The van der Waals surface area contributed by atoms with E-state index in [1.807, 2.05) is 18.2 Å². The number of H-pyrrole nitrogens is 1. The molecule has 0 radical (unpaired) electrons. The normalized spacial score (nSPS) is 15.4. The lowest BCUT2D eigenvalue weighted by molar-refractivity contribution is -0.127. The number of aromatic amines is 1. The van der Waals surface area contributed by atoms with Crippen molar-refractivity contribution >= 4 is 51.1 Å². The largest absolute Gasteiger partial charge is 0.457 e. The molecule has 3 heterocycles. The van der Waals surface area contributed by atoms with Gasteiger partial charge in [0.1, 0.15) is 35.1 Å². The molecular weight excluding hydrogens is 564 g/mol. The molecule has 10 heteroatoms. The van der Waals surface area contributed by atoms with Crippen molar-refractivity contribution in [2.75, 3.05) is 22.8 Å². The maximum atomic E-state index is 15.0. The van der Waals surface area contributed by atoms with Crippen molar-refractivity contribution in [2.24, 2.45) is 0 Å². The summed E-state index contributed by atoms with van der Waals surface area (Å²) in [7, 11) is 0. The fraction of sp³-hybridized carbons (Fsp3) is 0.200. The van der Waals surface area contributed by atoms with E-state index < -0.39 is 11.6 Å². The molecule has 0 aliphatic carbocycles. The van der Waals surface area contributed by atoms with E-state index >= 15 is 0 Å². The Morgan fingerprint density at radius 3 is 2.74 bits per heavy atom. The summed E-state index contributed by atoms with van der Waals surface area (Å²) in [6.45, 7) is 1.22. The van der Waals surface area contributed by atoms with Gasteiger partial charge in [0.15, 0.2) is 5.78 Å². The van der Waals surface area contributed by atoms with E-state index in [0.717, 1.165) is 6.42 Å². The number of rotatable bonds is 7. The van der Waals surface area contributed by atoms with E-state index in [2.05, 4.69) is 42.9 Å². The number of amides is 1. The van der Waals surface area contributed by atoms with Crippen LogP contribution in [0.15, 0.2) is 61.1 Å². The zero-order valence-electron chi connectivity index (χ0n) is 18.5. The Hall–Kier alpha value is -3.54. The second-order valence-corrected chi connectivity index (χ2v) is 8.90. The zero-order chi connectivity index (χ0) is 24.4. The number of halogens is 2. The first-order valence-electron chi connectivity index (χ1n) is 11.0. The summed E-state index contributed by atoms with van der Waals surface area (Å²) in [4.78, 5) is 38.7. The predicted octanol–water partition coefficient (Wildman–Crippen LogP) is 4.57. The molecule has 0 bridgehead atoms. The summed E-state index contributed by atoms with van der Waals surface area (Å²) in [6.07, 6.45) is 3.68. The number of likely N-dealkylation sites (tertiary alicyclic amines) is 1. The van der Waals surface area contributed by atoms with Crippen LogP contribution in [0.25, 0.3) is 11.0 Å². The summed E-state index contributed by atoms with van der Waals surface area (Å²) >= 11 is 2.06. The fourth-order valence-electron chi connectivity index (χ4n) is 4.15. The lowest BCUT2D eigenvalue weighted by atomic mass is 10.0. The van der Waals surface area contributed by atoms with E-state index in [1.54, 1.807) is 23.1 Å². The Bertz CT molecular complexity index is 1390. The molecule has 2 N–H and O–H groups in total. The maximum absolute atomic E-state index is 15.0. The molecule has 2 aromatic carbocycles. The van der Waals surface area contributed by atoms with Crippen LogP contribution in [-0.2, 0) is 4.79 Å². The average Bonchev–Trinajstić information content (AvgIpc) is 3.52. The van der Waals surface area contributed by atoms with Crippen LogP contribution in [0.3, 0.4) is 0 Å². The molecule has 5 rings (SSSR count). The third kappa shape index (κ3) is 4.83. The smallest absolute Gasteiger partial charge is 0.232 e. The average molecular weight is 585 g/mol. The van der Waals surface area contributed by atoms with E-state index in [0.29, 0.717) is 45.9 Å². The summed E-state index contributed by atoms with van der Waals surface area (Å²) < 4.78 is 21.1. The highest BCUT2D eigenvalue weighted by Gasteiger charge is 2.27. The highest BCUT2D eigenvalue weighted by Crippen LogP contribution is 2.29. The molecule has 0 spiro atoms. The van der Waals surface area contributed by atoms with Crippen LogP contribution in [0.1, 0.15) is 22.3 Å². The monoisotopic (exact) mass is 585 g/mol. The van der Waals surface area contributed by atoms with Crippen molar-refractivity contribution in [3.05, 3.63) is 78.0 Å². The Kier molecular flexibility index (Phi) is 6.62. The first kappa shape index (κ1) is 23.2. The molecule has 0 saturated carbocycles. The van der Waals surface area contributed by atoms with Crippen molar-refractivity contribution in [1.29, 1.82) is 0 Å². The van der Waals surface area contributed by atoms with Gasteiger partial charge in [-0.05, 0) is 30.7 Å². The van der Waals surface area contributed by atoms with Crippen molar-refractivity contribution in [1.82, 2.24) is 19.9 Å². The lowest BCUT2D eigenvalue weighted by Gasteiger charge is -2.17. The van der Waals surface area contributed by atoms with Crippen molar-refractivity contribution in [2.45, 2.75) is 12.5 Å². The van der Waals surface area contributed by atoms with E-state index in [1.165, 1.54) is 24.7 Å². The van der Waals surface area contributed by atoms with Gasteiger partial charge in [-0.25, -0.2) is 14.4 Å². The van der Waals surface area contributed by atoms with Crippen LogP contribution in [0.2, 0.25) is 0 Å². The SMILES string of the molecule is O=C(c1ccc(Oc2ccccc2)cc1F)c1c[nH]c2ncnc(NC3CCN(C(=O)CI)C3)c12. The number of ether oxygens (including phenoxy) is 1. The number of anilines is 1. The number of carbonyl (C=O) groups excluding carboxylic acids is 2. The molecule has 1 aliphatic heterocycles. The first-order valence-corrected chi connectivity index (χ1v) is 12.6. The third-order valence-electron chi connectivity index (χ3n) is 5.87. The molecule has 178 valence electrons. The molecule has 1 amide bonds. The van der Waals surface area contributed by atoms with Crippen molar-refractivity contribution in [3.63, 3.8) is 0 Å². The molecule has 1 unspecified atom stereocenters. The molecule has 1 fully saturated rings. The van der Waals surface area contributed by atoms with Crippen LogP contribution < -0.4 is 10.1 Å². The second kappa shape index (κ2) is 9.98. The van der Waals surface area contributed by atoms with Crippen LogP contribution in [0, 0.1) is 5.82 Å². The molecule has 8 nitrogen and oxygen atoms in total. The number of ketones is 1. The van der Waals surface area contributed by atoms with Gasteiger partial charge in [-0.2, -0.15) is 0 Å². The molecular formula is C25H21FIN5O3. The van der Waals surface area contributed by atoms with Gasteiger partial charge in [0.2, 0.25) is 5.91 Å². The van der Waals surface area contributed by atoms with Gasteiger partial charge in [-0.1, -0.05) is 40.8 Å². The minimum absolute atomic E-state index is 0.0102. The predicted molar refractivity (Wildman–Crippen MR) is 138 cm³/mol. The highest BCUT2D eigenvalue weighted by atomic mass is 127. The van der Waals surface area contributed by atoms with Gasteiger partial charge in [0, 0.05) is 31.4 Å². The number of aromatic nitrogens is 3.